The van der Waals surface area contributed by atoms with Gasteiger partial charge in [0.15, 0.2) is 0 Å². The number of nitrogens with zero attached hydrogens (tertiary/aromatic N) is 1. The van der Waals surface area contributed by atoms with Crippen LogP contribution in [0.2, 0.25) is 0 Å². The minimum Gasteiger partial charge on any atom is -0.502 e. The fraction of sp³-hybridized carbons (Fsp3) is 0.767. The molecule has 0 bridgehead atoms. The van der Waals surface area contributed by atoms with Crippen molar-refractivity contribution in [3.63, 3.8) is 0 Å². The summed E-state index contributed by atoms with van der Waals surface area (Å²) in [6, 6.07) is 0. The number of ether oxygens (including phenoxy) is 1. The number of allylic oxidation sites excluding steroid dienone is 6. The summed E-state index contributed by atoms with van der Waals surface area (Å²) in [5.74, 6) is 7.02. The van der Waals surface area contributed by atoms with Crippen LogP contribution >= 0.6 is 11.8 Å². The van der Waals surface area contributed by atoms with E-state index in [1.165, 1.54) is 28.9 Å². The van der Waals surface area contributed by atoms with Crippen molar-refractivity contribution in [3.05, 3.63) is 60.3 Å². The Balaban J connectivity index is -0.0000000181. The summed E-state index contributed by atoms with van der Waals surface area (Å²) in [5.41, 5.74) is 2.57. The van der Waals surface area contributed by atoms with Crippen molar-refractivity contribution in [1.82, 2.24) is 0 Å². The predicted octanol–water partition coefficient (Wildman–Crippen LogP) is 22.4. The van der Waals surface area contributed by atoms with Crippen LogP contribution in [0.4, 0.5) is 0 Å². The molecule has 70 heavy (non-hydrogen) atoms. The summed E-state index contributed by atoms with van der Waals surface area (Å²) in [4.78, 5) is 25.5. The second-order valence-corrected chi connectivity index (χ2v) is 18.4. The van der Waals surface area contributed by atoms with E-state index in [0.717, 1.165) is 38.0 Å². The van der Waals surface area contributed by atoms with Gasteiger partial charge in [-0.3, -0.25) is 18.8 Å². The van der Waals surface area contributed by atoms with Gasteiger partial charge in [0.2, 0.25) is 0 Å². The molecule has 0 fully saturated rings. The van der Waals surface area contributed by atoms with Crippen molar-refractivity contribution in [2.75, 3.05) is 42.9 Å². The van der Waals surface area contributed by atoms with Crippen molar-refractivity contribution in [2.24, 2.45) is 4.99 Å². The fourth-order valence-corrected chi connectivity index (χ4v) is 3.37. The van der Waals surface area contributed by atoms with Gasteiger partial charge in [-0.25, -0.2) is 8.42 Å². The maximum atomic E-state index is 10.8. The van der Waals surface area contributed by atoms with Crippen LogP contribution < -0.4 is 0 Å². The van der Waals surface area contributed by atoms with E-state index in [-0.39, 0.29) is 108 Å². The van der Waals surface area contributed by atoms with Gasteiger partial charge in [0.05, 0.1) is 12.9 Å². The van der Waals surface area contributed by atoms with Crippen LogP contribution in [-0.4, -0.2) is 79.2 Å². The Bertz CT molecular complexity index is 1040. The van der Waals surface area contributed by atoms with E-state index in [0.29, 0.717) is 48.8 Å². The quantitative estimate of drug-likeness (QED) is 0.0442. The van der Waals surface area contributed by atoms with E-state index in [9.17, 15) is 22.2 Å². The molecule has 0 unspecified atom stereocenters. The highest BCUT2D eigenvalue weighted by Gasteiger charge is 1.99. The average molecular weight is 1080 g/mol. The van der Waals surface area contributed by atoms with Gasteiger partial charge in [0, 0.05) is 61.7 Å². The Morgan fingerprint density at radius 3 is 0.886 bits per heavy atom. The van der Waals surface area contributed by atoms with Crippen molar-refractivity contribution in [3.8, 4) is 0 Å². The molecule has 0 aliphatic heterocycles. The molecule has 7 nitrogen and oxygen atoms in total. The van der Waals surface area contributed by atoms with Crippen molar-refractivity contribution in [1.29, 1.82) is 0 Å². The van der Waals surface area contributed by atoms with Gasteiger partial charge in [-0.1, -0.05) is 243 Å². The first-order valence-corrected chi connectivity index (χ1v) is 26.0. The Kier molecular flexibility index (Phi) is 250. The molecule has 448 valence electrons. The molecule has 0 spiro atoms. The maximum absolute atomic E-state index is 10.8. The zero-order valence-electron chi connectivity index (χ0n) is 41.0. The standard InChI is InChI=1S/C7H14.C7H12.C5H12OS.3C5H10O.C5H10S.C4H9N.C4H10O2S.13CH4/c2*1-4-6-7(3)5-2;1-4-7(3,6)5-2;1-4-5(2)6-3;2*1-3-5(6)4-2;1-4-5(2)6-3;1-3-5-4-2;1-3-7(5,6)4-2;;;;;;;;;;;;;/h3-6H2,1-2H3;4,6H,3,5H2,1-2H3;3-5H2,1-2H3;2,4H2,1,3H3;2*3-4H2,1-2H3;2,4H2,1,3H3;3H,4H2,1-2H3;3-4H2,1-2H3;13*1H4/b;6-4-;;;;;;;;;;;;;;;;;;;;. The number of thioether (sulfide) groups is 1. The lowest BCUT2D eigenvalue weighted by molar-refractivity contribution is -0.119. The molecule has 0 atom stereocenters. The number of ketones is 2. The smallest absolute Gasteiger partial charge is 0.149 e. The first-order chi connectivity index (χ1) is 26.5. The van der Waals surface area contributed by atoms with Gasteiger partial charge < -0.3 is 4.74 Å². The Hall–Kier alpha value is -2.17. The maximum Gasteiger partial charge on any atom is 0.149 e. The first-order valence-electron chi connectivity index (χ1n) is 20.9. The summed E-state index contributed by atoms with van der Waals surface area (Å²) < 4.78 is 36.3. The molecule has 0 aliphatic rings. The molecule has 0 aromatic heterocycles. The molecule has 0 radical (unpaired) electrons. The van der Waals surface area contributed by atoms with Crippen LogP contribution in [0.1, 0.15) is 272 Å². The fourth-order valence-electron chi connectivity index (χ4n) is 2.26. The highest BCUT2D eigenvalue weighted by molar-refractivity contribution is 8.02. The Morgan fingerprint density at radius 2 is 0.857 bits per heavy atom. The molecule has 0 N–H and O–H groups in total. The summed E-state index contributed by atoms with van der Waals surface area (Å²) in [6.07, 6.45) is 17.3. The normalized spacial score (nSPS) is 7.74. The highest BCUT2D eigenvalue weighted by Crippen LogP contribution is 2.10. The predicted molar refractivity (Wildman–Crippen MR) is 358 cm³/mol. The third-order valence-electron chi connectivity index (χ3n) is 7.20. The van der Waals surface area contributed by atoms with Gasteiger partial charge in [-0.2, -0.15) is 0 Å². The summed E-state index contributed by atoms with van der Waals surface area (Å²) >= 11 is 1.73. The minimum atomic E-state index is -2.66. The summed E-state index contributed by atoms with van der Waals surface area (Å²) in [7, 11) is -2.68. The lowest BCUT2D eigenvalue weighted by atomic mass is 10.1. The SMILES string of the molecule is C.C.C.C.C.C.C.C.C.C.C.C.C.C=C(/C=C\C)CC.C=C(CC)CCC.C=C(CC)OC.C=C(CC)SC.C=S(=O)(CC)CC.CC=NCC.CCC(=O)CC.CCC(=O)CC.CCS(=O)(=O)CC. The molecule has 0 saturated carbocycles. The number of methoxy groups -OCH3 is 1. The van der Waals surface area contributed by atoms with Gasteiger partial charge in [-0.05, 0) is 79.2 Å². The molecule has 0 saturated heterocycles. The molecule has 0 aromatic rings. The van der Waals surface area contributed by atoms with Crippen molar-refractivity contribution < 1.29 is 27.0 Å². The molecule has 0 rings (SSSR count). The van der Waals surface area contributed by atoms with Crippen LogP contribution in [0.5, 0.6) is 0 Å². The number of Topliss-reactive ketones (excluding diaryl/α,β-unsaturated/α-hetero) is 2. The van der Waals surface area contributed by atoms with Gasteiger partial charge >= 0.3 is 0 Å². The zero-order valence-corrected chi connectivity index (χ0v) is 43.4. The van der Waals surface area contributed by atoms with E-state index < -0.39 is 19.4 Å². The zero-order chi connectivity index (χ0) is 47.3. The summed E-state index contributed by atoms with van der Waals surface area (Å²) in [6.45, 7) is 47.0. The molecule has 0 aliphatic carbocycles. The molecular formula is C60H149NO6S3. The Labute approximate surface area is 459 Å². The number of sulfone groups is 1. The minimum absolute atomic E-state index is 0. The van der Waals surface area contributed by atoms with E-state index in [1.54, 1.807) is 38.9 Å². The number of aliphatic imine (C=N–C) groups is 1. The highest BCUT2D eigenvalue weighted by atomic mass is 32.2. The lowest BCUT2D eigenvalue weighted by Crippen LogP contribution is -2.04. The third-order valence-corrected chi connectivity index (χ3v) is 11.9. The number of hydrogen-bond acceptors (Lipinski definition) is 8. The van der Waals surface area contributed by atoms with Crippen LogP contribution in [0, 0.1) is 0 Å². The number of rotatable bonds is 18. The second kappa shape index (κ2) is 121. The van der Waals surface area contributed by atoms with Crippen molar-refractivity contribution in [2.45, 2.75) is 272 Å². The number of carbonyl (C=O) groups is 2. The molecule has 0 heterocycles. The molecule has 0 aromatic carbocycles. The third kappa shape index (κ3) is 193. The lowest BCUT2D eigenvalue weighted by Gasteiger charge is -1.96. The topological polar surface area (TPSA) is 107 Å². The van der Waals surface area contributed by atoms with Crippen LogP contribution in [0.15, 0.2) is 65.3 Å². The van der Waals surface area contributed by atoms with Gasteiger partial charge in [0.1, 0.15) is 21.4 Å². The van der Waals surface area contributed by atoms with Crippen molar-refractivity contribution >= 4 is 54.8 Å². The van der Waals surface area contributed by atoms with E-state index in [1.807, 2.05) is 87.6 Å². The van der Waals surface area contributed by atoms with Crippen LogP contribution in [-0.2, 0) is 33.7 Å². The molecular weight excluding hydrogens is 927 g/mol. The molecule has 10 heteroatoms. The van der Waals surface area contributed by atoms with E-state index >= 15 is 0 Å². The largest absolute Gasteiger partial charge is 0.502 e. The summed E-state index contributed by atoms with van der Waals surface area (Å²) in [5, 5.41) is 0. The monoisotopic (exact) mass is 1080 g/mol. The van der Waals surface area contributed by atoms with E-state index in [2.05, 4.69) is 64.9 Å². The van der Waals surface area contributed by atoms with Crippen LogP contribution in [0.25, 0.3) is 0 Å². The molecule has 0 amide bonds. The number of carbonyl (C=O) groups excluding carboxylic acids is 2. The van der Waals surface area contributed by atoms with Gasteiger partial charge in [0.25, 0.3) is 0 Å². The van der Waals surface area contributed by atoms with E-state index in [4.69, 9.17) is 4.74 Å². The second-order valence-electron chi connectivity index (χ2n) is 11.7. The number of hydrogen-bond donors (Lipinski definition) is 0. The van der Waals surface area contributed by atoms with Crippen LogP contribution in [0.3, 0.4) is 0 Å². The van der Waals surface area contributed by atoms with Gasteiger partial charge in [-0.15, -0.1) is 11.8 Å². The first kappa shape index (κ1) is 144. The average Bonchev–Trinajstić information content (AvgIpc) is 3.24. The Morgan fingerprint density at radius 1 is 0.529 bits per heavy atom.